The standard InChI is InChI=1S/C24H17F2N3O/c1-14-5-7-15(8-6-14)21-20-22(28-27-21)24(30)29(19-11-9-17(25)10-12-19)23(20)16-3-2-4-18(26)13-16/h2-13,23H,1H3,(H,27,28)/t23-/m1/s1. The van der Waals surface area contributed by atoms with Gasteiger partial charge < -0.3 is 0 Å². The number of benzene rings is 3. The number of halogens is 2. The average molecular weight is 401 g/mol. The van der Waals surface area contributed by atoms with Gasteiger partial charge in [-0.1, -0.05) is 42.0 Å². The lowest BCUT2D eigenvalue weighted by atomic mass is 9.95. The summed E-state index contributed by atoms with van der Waals surface area (Å²) in [4.78, 5) is 14.9. The number of hydrogen-bond donors (Lipinski definition) is 1. The van der Waals surface area contributed by atoms with Crippen molar-refractivity contribution < 1.29 is 13.6 Å². The lowest BCUT2D eigenvalue weighted by molar-refractivity contribution is 0.0988. The Hall–Kier alpha value is -3.80. The van der Waals surface area contributed by atoms with Crippen LogP contribution in [0.3, 0.4) is 0 Å². The number of amides is 1. The van der Waals surface area contributed by atoms with E-state index in [1.807, 2.05) is 31.2 Å². The molecule has 6 heteroatoms. The molecular weight excluding hydrogens is 384 g/mol. The van der Waals surface area contributed by atoms with E-state index in [1.54, 1.807) is 29.2 Å². The summed E-state index contributed by atoms with van der Waals surface area (Å²) < 4.78 is 27.6. The molecule has 4 nitrogen and oxygen atoms in total. The Kier molecular flexibility index (Phi) is 4.20. The fraction of sp³-hybridized carbons (Fsp3) is 0.0833. The van der Waals surface area contributed by atoms with E-state index < -0.39 is 17.7 Å². The molecule has 0 fully saturated rings. The molecule has 1 aliphatic heterocycles. The molecule has 5 rings (SSSR count). The van der Waals surface area contributed by atoms with Gasteiger partial charge in [0.2, 0.25) is 0 Å². The van der Waals surface area contributed by atoms with Gasteiger partial charge in [-0.25, -0.2) is 8.78 Å². The first-order chi connectivity index (χ1) is 14.5. The van der Waals surface area contributed by atoms with Crippen molar-refractivity contribution in [2.75, 3.05) is 4.90 Å². The number of nitrogens with zero attached hydrogens (tertiary/aromatic N) is 2. The van der Waals surface area contributed by atoms with Crippen LogP contribution in [0.4, 0.5) is 14.5 Å². The van der Waals surface area contributed by atoms with Crippen molar-refractivity contribution in [2.24, 2.45) is 0 Å². The molecule has 148 valence electrons. The van der Waals surface area contributed by atoms with Gasteiger partial charge in [0.15, 0.2) is 0 Å². The minimum absolute atomic E-state index is 0.295. The van der Waals surface area contributed by atoms with E-state index in [9.17, 15) is 13.6 Å². The normalized spacial score (nSPS) is 15.5. The van der Waals surface area contributed by atoms with Gasteiger partial charge in [0.1, 0.15) is 17.3 Å². The molecule has 1 aromatic heterocycles. The molecule has 1 aliphatic rings. The van der Waals surface area contributed by atoms with E-state index in [4.69, 9.17) is 0 Å². The molecule has 0 unspecified atom stereocenters. The van der Waals surface area contributed by atoms with E-state index in [-0.39, 0.29) is 5.91 Å². The Balaban J connectivity index is 1.72. The Morgan fingerprint density at radius 1 is 0.933 bits per heavy atom. The number of aromatic nitrogens is 2. The number of aryl methyl sites for hydroxylation is 1. The topological polar surface area (TPSA) is 49.0 Å². The minimum Gasteiger partial charge on any atom is -0.295 e. The van der Waals surface area contributed by atoms with Crippen molar-refractivity contribution in [3.05, 3.63) is 107 Å². The molecule has 0 saturated heterocycles. The van der Waals surface area contributed by atoms with Crippen LogP contribution in [0, 0.1) is 18.6 Å². The molecule has 1 amide bonds. The number of carbonyl (C=O) groups excluding carboxylic acids is 1. The third kappa shape index (κ3) is 2.88. The highest BCUT2D eigenvalue weighted by molar-refractivity contribution is 6.11. The second-order valence-electron chi connectivity index (χ2n) is 7.34. The first-order valence-electron chi connectivity index (χ1n) is 9.53. The third-order valence-electron chi connectivity index (χ3n) is 5.36. The summed E-state index contributed by atoms with van der Waals surface area (Å²) in [6.07, 6.45) is 0. The first-order valence-corrected chi connectivity index (χ1v) is 9.53. The SMILES string of the molecule is Cc1ccc(-c2n[nH]c3c2[C@@H](c2cccc(F)c2)N(c2ccc(F)cc2)C3=O)cc1. The monoisotopic (exact) mass is 401 g/mol. The zero-order valence-electron chi connectivity index (χ0n) is 16.1. The van der Waals surface area contributed by atoms with Crippen molar-refractivity contribution in [3.8, 4) is 11.3 Å². The Bertz CT molecular complexity index is 1250. The predicted molar refractivity (Wildman–Crippen MR) is 110 cm³/mol. The number of carbonyl (C=O) groups is 1. The largest absolute Gasteiger partial charge is 0.295 e. The summed E-state index contributed by atoms with van der Waals surface area (Å²) in [6.45, 7) is 1.99. The molecule has 0 saturated carbocycles. The lowest BCUT2D eigenvalue weighted by Crippen LogP contribution is -2.29. The second kappa shape index (κ2) is 6.91. The summed E-state index contributed by atoms with van der Waals surface area (Å²) in [5, 5.41) is 7.27. The summed E-state index contributed by atoms with van der Waals surface area (Å²) in [6, 6.07) is 19.1. The van der Waals surface area contributed by atoms with Gasteiger partial charge in [-0.2, -0.15) is 5.10 Å². The van der Waals surface area contributed by atoms with Crippen LogP contribution >= 0.6 is 0 Å². The molecule has 0 bridgehead atoms. The van der Waals surface area contributed by atoms with Crippen LogP contribution in [0.25, 0.3) is 11.3 Å². The van der Waals surface area contributed by atoms with Crippen LogP contribution < -0.4 is 4.90 Å². The van der Waals surface area contributed by atoms with Crippen molar-refractivity contribution >= 4 is 11.6 Å². The van der Waals surface area contributed by atoms with Gasteiger partial charge in [-0.15, -0.1) is 0 Å². The average Bonchev–Trinajstić information content (AvgIpc) is 3.28. The van der Waals surface area contributed by atoms with Crippen LogP contribution in [-0.2, 0) is 0 Å². The van der Waals surface area contributed by atoms with E-state index in [2.05, 4.69) is 10.2 Å². The van der Waals surface area contributed by atoms with Crippen LogP contribution in [0.1, 0.15) is 33.2 Å². The van der Waals surface area contributed by atoms with Gasteiger partial charge in [0, 0.05) is 16.8 Å². The first kappa shape index (κ1) is 18.2. The fourth-order valence-corrected chi connectivity index (χ4v) is 3.94. The van der Waals surface area contributed by atoms with Gasteiger partial charge >= 0.3 is 0 Å². The number of hydrogen-bond acceptors (Lipinski definition) is 2. The Morgan fingerprint density at radius 2 is 1.67 bits per heavy atom. The number of nitrogens with one attached hydrogen (secondary N) is 1. The number of rotatable bonds is 3. The van der Waals surface area contributed by atoms with Crippen molar-refractivity contribution in [3.63, 3.8) is 0 Å². The van der Waals surface area contributed by atoms with Crippen molar-refractivity contribution in [1.82, 2.24) is 10.2 Å². The quantitative estimate of drug-likeness (QED) is 0.499. The maximum absolute atomic E-state index is 14.1. The second-order valence-corrected chi connectivity index (χ2v) is 7.34. The lowest BCUT2D eigenvalue weighted by Gasteiger charge is -2.26. The molecule has 30 heavy (non-hydrogen) atoms. The van der Waals surface area contributed by atoms with E-state index in [0.29, 0.717) is 28.2 Å². The molecule has 3 aromatic carbocycles. The highest BCUT2D eigenvalue weighted by Crippen LogP contribution is 2.45. The van der Waals surface area contributed by atoms with Gasteiger partial charge in [-0.05, 0) is 48.9 Å². The predicted octanol–water partition coefficient (Wildman–Crippen LogP) is 5.41. The highest BCUT2D eigenvalue weighted by Gasteiger charge is 2.43. The maximum Gasteiger partial charge on any atom is 0.277 e. The number of fused-ring (bicyclic) bond motifs is 1. The van der Waals surface area contributed by atoms with Crippen LogP contribution in [0.15, 0.2) is 72.8 Å². The smallest absolute Gasteiger partial charge is 0.277 e. The third-order valence-corrected chi connectivity index (χ3v) is 5.36. The van der Waals surface area contributed by atoms with Crippen LogP contribution in [-0.4, -0.2) is 16.1 Å². The maximum atomic E-state index is 14.1. The summed E-state index contributed by atoms with van der Waals surface area (Å²) in [5.74, 6) is -1.09. The van der Waals surface area contributed by atoms with Crippen LogP contribution in [0.5, 0.6) is 0 Å². The van der Waals surface area contributed by atoms with Gasteiger partial charge in [0.25, 0.3) is 5.91 Å². The Labute approximate surface area is 171 Å². The molecular formula is C24H17F2N3O. The summed E-state index contributed by atoms with van der Waals surface area (Å²) >= 11 is 0. The van der Waals surface area contributed by atoms with Crippen LogP contribution in [0.2, 0.25) is 0 Å². The summed E-state index contributed by atoms with van der Waals surface area (Å²) in [5.41, 5.74) is 4.77. The molecule has 4 aromatic rings. The van der Waals surface area contributed by atoms with Gasteiger partial charge in [0.05, 0.1) is 11.7 Å². The van der Waals surface area contributed by atoms with Crippen molar-refractivity contribution in [1.29, 1.82) is 0 Å². The molecule has 0 spiro atoms. The molecule has 2 heterocycles. The molecule has 0 radical (unpaired) electrons. The number of H-pyrrole nitrogens is 1. The van der Waals surface area contributed by atoms with E-state index in [1.165, 1.54) is 24.3 Å². The highest BCUT2D eigenvalue weighted by atomic mass is 19.1. The Morgan fingerprint density at radius 3 is 2.37 bits per heavy atom. The van der Waals surface area contributed by atoms with E-state index in [0.717, 1.165) is 11.1 Å². The van der Waals surface area contributed by atoms with E-state index >= 15 is 0 Å². The van der Waals surface area contributed by atoms with Crippen molar-refractivity contribution in [2.45, 2.75) is 13.0 Å². The molecule has 1 atom stereocenters. The van der Waals surface area contributed by atoms with Gasteiger partial charge in [-0.3, -0.25) is 14.8 Å². The summed E-state index contributed by atoms with van der Waals surface area (Å²) in [7, 11) is 0. The number of aromatic amines is 1. The zero-order chi connectivity index (χ0) is 20.8. The zero-order valence-corrected chi connectivity index (χ0v) is 16.1. The fourth-order valence-electron chi connectivity index (χ4n) is 3.94. The molecule has 0 aliphatic carbocycles. The minimum atomic E-state index is -0.594. The molecule has 1 N–H and O–H groups in total. The number of anilines is 1.